The van der Waals surface area contributed by atoms with Gasteiger partial charge in [-0.1, -0.05) is 18.2 Å². The summed E-state index contributed by atoms with van der Waals surface area (Å²) in [5, 5.41) is 19.1. The minimum atomic E-state index is -0.482. The van der Waals surface area contributed by atoms with Gasteiger partial charge < -0.3 is 19.7 Å². The summed E-state index contributed by atoms with van der Waals surface area (Å²) in [6, 6.07) is 6.09. The predicted octanol–water partition coefficient (Wildman–Crippen LogP) is 0.670. The number of hydrogen-bond acceptors (Lipinski definition) is 6. The van der Waals surface area contributed by atoms with Crippen LogP contribution >= 0.6 is 0 Å². The molecule has 1 saturated heterocycles. The number of para-hydroxylation sites is 1. The Kier molecular flexibility index (Phi) is 8.64. The number of nitrogens with zero attached hydrogens (tertiary/aromatic N) is 2. The summed E-state index contributed by atoms with van der Waals surface area (Å²) in [6.45, 7) is 10.7. The van der Waals surface area contributed by atoms with Crippen LogP contribution in [-0.4, -0.2) is 91.8 Å². The Labute approximate surface area is 151 Å². The molecule has 1 aromatic rings. The van der Waals surface area contributed by atoms with Gasteiger partial charge in [0.25, 0.3) is 0 Å². The van der Waals surface area contributed by atoms with Crippen LogP contribution in [0.3, 0.4) is 0 Å². The smallest absolute Gasteiger partial charge is 0.125 e. The molecule has 2 rings (SSSR count). The van der Waals surface area contributed by atoms with Crippen LogP contribution in [0.2, 0.25) is 0 Å². The maximum Gasteiger partial charge on any atom is 0.125 e. The van der Waals surface area contributed by atoms with Gasteiger partial charge in [0.15, 0.2) is 0 Å². The third-order valence-electron chi connectivity index (χ3n) is 4.54. The molecule has 1 unspecified atom stereocenters. The van der Waals surface area contributed by atoms with E-state index in [1.807, 2.05) is 32.0 Å². The van der Waals surface area contributed by atoms with Crippen LogP contribution in [0.1, 0.15) is 11.1 Å². The van der Waals surface area contributed by atoms with E-state index in [0.717, 1.165) is 49.6 Å². The Morgan fingerprint density at radius 1 is 1.04 bits per heavy atom. The van der Waals surface area contributed by atoms with Crippen LogP contribution in [0.5, 0.6) is 5.75 Å². The van der Waals surface area contributed by atoms with E-state index in [1.54, 1.807) is 0 Å². The maximum atomic E-state index is 10.1. The first-order valence-corrected chi connectivity index (χ1v) is 9.10. The van der Waals surface area contributed by atoms with Crippen LogP contribution in [0.4, 0.5) is 0 Å². The number of β-amino-alcohol motifs (C(OH)–C–C–N with tert-alkyl or cyclic N) is 2. The minimum absolute atomic E-state index is 0.209. The molecule has 2 N–H and O–H groups in total. The minimum Gasteiger partial charge on any atom is -0.491 e. The van der Waals surface area contributed by atoms with Crippen LogP contribution < -0.4 is 4.74 Å². The summed E-state index contributed by atoms with van der Waals surface area (Å²) >= 11 is 0. The van der Waals surface area contributed by atoms with E-state index in [9.17, 15) is 5.11 Å². The highest BCUT2D eigenvalue weighted by Crippen LogP contribution is 2.21. The highest BCUT2D eigenvalue weighted by atomic mass is 16.5. The third kappa shape index (κ3) is 6.92. The predicted molar refractivity (Wildman–Crippen MR) is 98.2 cm³/mol. The number of benzene rings is 1. The number of hydrogen-bond donors (Lipinski definition) is 2. The van der Waals surface area contributed by atoms with Crippen molar-refractivity contribution in [3.63, 3.8) is 0 Å². The summed E-state index contributed by atoms with van der Waals surface area (Å²) < 4.78 is 11.3. The zero-order valence-corrected chi connectivity index (χ0v) is 15.5. The normalized spacial score (nSPS) is 17.6. The first-order valence-electron chi connectivity index (χ1n) is 9.10. The van der Waals surface area contributed by atoms with Crippen LogP contribution in [0.15, 0.2) is 18.2 Å². The van der Waals surface area contributed by atoms with Gasteiger partial charge >= 0.3 is 0 Å². The zero-order valence-electron chi connectivity index (χ0n) is 15.5. The molecule has 1 heterocycles. The molecule has 0 amide bonds. The fourth-order valence-corrected chi connectivity index (χ4v) is 3.14. The van der Waals surface area contributed by atoms with Gasteiger partial charge in [0.2, 0.25) is 0 Å². The van der Waals surface area contributed by atoms with E-state index in [2.05, 4.69) is 9.80 Å². The van der Waals surface area contributed by atoms with E-state index < -0.39 is 6.10 Å². The van der Waals surface area contributed by atoms with Gasteiger partial charge in [-0.25, -0.2) is 0 Å². The molecule has 1 atom stereocenters. The van der Waals surface area contributed by atoms with E-state index >= 15 is 0 Å². The summed E-state index contributed by atoms with van der Waals surface area (Å²) in [6.07, 6.45) is -0.482. The summed E-state index contributed by atoms with van der Waals surface area (Å²) in [4.78, 5) is 4.49. The Morgan fingerprint density at radius 3 is 2.32 bits per heavy atom. The van der Waals surface area contributed by atoms with Crippen molar-refractivity contribution in [3.05, 3.63) is 29.3 Å². The molecule has 25 heavy (non-hydrogen) atoms. The molecule has 0 saturated carbocycles. The first-order chi connectivity index (χ1) is 12.1. The molecule has 1 aromatic carbocycles. The molecule has 1 fully saturated rings. The Balaban J connectivity index is 1.56. The van der Waals surface area contributed by atoms with Crippen LogP contribution in [-0.2, 0) is 4.74 Å². The number of piperazine rings is 1. The van der Waals surface area contributed by atoms with Gasteiger partial charge in [-0.3, -0.25) is 9.80 Å². The molecule has 142 valence electrons. The fourth-order valence-electron chi connectivity index (χ4n) is 3.14. The highest BCUT2D eigenvalue weighted by Gasteiger charge is 2.18. The standard InChI is InChI=1S/C19H32N2O4/c1-16-4-3-5-17(2)19(16)25-13-12-24-15-18(23)14-21-8-6-20(7-9-21)10-11-22/h3-5,18,22-23H,6-15H2,1-2H3. The molecule has 6 nitrogen and oxygen atoms in total. The van der Waals surface area contributed by atoms with E-state index in [1.165, 1.54) is 0 Å². The van der Waals surface area contributed by atoms with Crippen molar-refractivity contribution in [1.82, 2.24) is 9.80 Å². The summed E-state index contributed by atoms with van der Waals surface area (Å²) in [5.41, 5.74) is 2.25. The topological polar surface area (TPSA) is 65.4 Å². The lowest BCUT2D eigenvalue weighted by molar-refractivity contribution is -0.000848. The Bertz CT molecular complexity index is 484. The van der Waals surface area contributed by atoms with Gasteiger partial charge in [0, 0.05) is 39.3 Å². The first kappa shape index (κ1) is 20.1. The molecule has 0 radical (unpaired) electrons. The summed E-state index contributed by atoms with van der Waals surface area (Å²) in [7, 11) is 0. The number of aliphatic hydroxyl groups excluding tert-OH is 2. The van der Waals surface area contributed by atoms with Gasteiger partial charge in [-0.15, -0.1) is 0 Å². The molecule has 0 bridgehead atoms. The number of rotatable bonds is 10. The van der Waals surface area contributed by atoms with Crippen molar-refractivity contribution in [2.24, 2.45) is 0 Å². The molecular weight excluding hydrogens is 320 g/mol. The second-order valence-corrected chi connectivity index (χ2v) is 6.66. The fraction of sp³-hybridized carbons (Fsp3) is 0.684. The zero-order chi connectivity index (χ0) is 18.1. The lowest BCUT2D eigenvalue weighted by Gasteiger charge is -2.35. The van der Waals surface area contributed by atoms with Gasteiger partial charge in [-0.05, 0) is 25.0 Å². The maximum absolute atomic E-state index is 10.1. The highest BCUT2D eigenvalue weighted by molar-refractivity contribution is 5.39. The molecule has 1 aliphatic heterocycles. The van der Waals surface area contributed by atoms with Crippen molar-refractivity contribution >= 4 is 0 Å². The monoisotopic (exact) mass is 352 g/mol. The van der Waals surface area contributed by atoms with Crippen molar-refractivity contribution in [2.75, 3.05) is 65.7 Å². The van der Waals surface area contributed by atoms with Gasteiger partial charge in [0.1, 0.15) is 12.4 Å². The van der Waals surface area contributed by atoms with Crippen molar-refractivity contribution < 1.29 is 19.7 Å². The lowest BCUT2D eigenvalue weighted by atomic mass is 10.1. The number of aryl methyl sites for hydroxylation is 2. The second kappa shape index (κ2) is 10.7. The third-order valence-corrected chi connectivity index (χ3v) is 4.54. The lowest BCUT2D eigenvalue weighted by Crippen LogP contribution is -2.49. The Hall–Kier alpha value is -1.18. The number of aliphatic hydroxyl groups is 2. The van der Waals surface area contributed by atoms with Crippen molar-refractivity contribution in [2.45, 2.75) is 20.0 Å². The van der Waals surface area contributed by atoms with E-state index in [0.29, 0.717) is 26.4 Å². The molecule has 1 aliphatic rings. The van der Waals surface area contributed by atoms with Crippen molar-refractivity contribution in [3.8, 4) is 5.75 Å². The molecule has 0 aromatic heterocycles. The summed E-state index contributed by atoms with van der Waals surface area (Å²) in [5.74, 6) is 0.924. The van der Waals surface area contributed by atoms with Gasteiger partial charge in [-0.2, -0.15) is 0 Å². The average molecular weight is 352 g/mol. The Morgan fingerprint density at radius 2 is 1.68 bits per heavy atom. The average Bonchev–Trinajstić information content (AvgIpc) is 2.59. The van der Waals surface area contributed by atoms with Crippen LogP contribution in [0, 0.1) is 13.8 Å². The molecule has 6 heteroatoms. The van der Waals surface area contributed by atoms with E-state index in [4.69, 9.17) is 14.6 Å². The second-order valence-electron chi connectivity index (χ2n) is 6.66. The van der Waals surface area contributed by atoms with E-state index in [-0.39, 0.29) is 6.61 Å². The molecule has 0 spiro atoms. The number of ether oxygens (including phenoxy) is 2. The molecule has 0 aliphatic carbocycles. The quantitative estimate of drug-likeness (QED) is 0.604. The van der Waals surface area contributed by atoms with Crippen LogP contribution in [0.25, 0.3) is 0 Å². The molecular formula is C19H32N2O4. The van der Waals surface area contributed by atoms with Gasteiger partial charge in [0.05, 0.1) is 25.9 Å². The van der Waals surface area contributed by atoms with Crippen molar-refractivity contribution in [1.29, 1.82) is 0 Å². The SMILES string of the molecule is Cc1cccc(C)c1OCCOCC(O)CN1CCN(CCO)CC1. The largest absolute Gasteiger partial charge is 0.491 e.